The molecule has 0 aliphatic rings. The second-order valence-corrected chi connectivity index (χ2v) is 11.0. The van der Waals surface area contributed by atoms with Crippen molar-refractivity contribution in [2.24, 2.45) is 5.14 Å². The number of alkyl halides is 4. The molecule has 0 saturated heterocycles. The summed E-state index contributed by atoms with van der Waals surface area (Å²) in [6.45, 7) is 3.11. The Hall–Kier alpha value is -3.05. The third kappa shape index (κ3) is 6.45. The van der Waals surface area contributed by atoms with E-state index >= 15 is 0 Å². The lowest BCUT2D eigenvalue weighted by atomic mass is 9.66. The van der Waals surface area contributed by atoms with E-state index in [1.54, 1.807) is 44.2 Å². The van der Waals surface area contributed by atoms with Crippen LogP contribution in [0.2, 0.25) is 0 Å². The first-order chi connectivity index (χ1) is 17.2. The number of hydrogen-bond donors (Lipinski definition) is 2. The van der Waals surface area contributed by atoms with Gasteiger partial charge >= 0.3 is 12.5 Å². The molecule has 0 heterocycles. The summed E-state index contributed by atoms with van der Waals surface area (Å²) >= 11 is 0. The molecule has 0 saturated carbocycles. The van der Waals surface area contributed by atoms with E-state index in [1.165, 1.54) is 6.07 Å². The minimum atomic E-state index is -4.91. The van der Waals surface area contributed by atoms with Crippen LogP contribution in [0.4, 0.5) is 26.3 Å². The van der Waals surface area contributed by atoms with Gasteiger partial charge in [-0.3, -0.25) is 5.14 Å². The van der Waals surface area contributed by atoms with Crippen molar-refractivity contribution in [3.63, 3.8) is 0 Å². The van der Waals surface area contributed by atoms with E-state index in [1.807, 2.05) is 0 Å². The number of ether oxygens (including phenoxy) is 1. The van der Waals surface area contributed by atoms with Crippen molar-refractivity contribution in [1.29, 1.82) is 0 Å². The molecule has 2 atom stereocenters. The van der Waals surface area contributed by atoms with Crippen molar-refractivity contribution in [3.8, 4) is 11.5 Å². The highest BCUT2D eigenvalue weighted by atomic mass is 32.2. The predicted molar refractivity (Wildman–Crippen MR) is 128 cm³/mol. The molecule has 0 radical (unpaired) electrons. The summed E-state index contributed by atoms with van der Waals surface area (Å²) in [5, 5.41) is 15.5. The SMILES string of the molecule is CC(C)(C[C@@](Cc1ccccc1)(c1cc(F)cc(OC(F)(F)C(F)F)c1)c1ccc(O)c(F)c1)S(N)=O. The third-order valence-electron chi connectivity index (χ3n) is 6.05. The molecule has 1 unspecified atom stereocenters. The van der Waals surface area contributed by atoms with Crippen LogP contribution in [0.15, 0.2) is 66.7 Å². The molecule has 37 heavy (non-hydrogen) atoms. The Morgan fingerprint density at radius 2 is 1.62 bits per heavy atom. The molecular weight excluding hydrogens is 520 g/mol. The summed E-state index contributed by atoms with van der Waals surface area (Å²) < 4.78 is 97.9. The number of hydrogen-bond acceptors (Lipinski definition) is 3. The first kappa shape index (κ1) is 28.5. The van der Waals surface area contributed by atoms with Gasteiger partial charge in [-0.15, -0.1) is 0 Å². The molecule has 4 nitrogen and oxygen atoms in total. The van der Waals surface area contributed by atoms with Crippen molar-refractivity contribution in [3.05, 3.63) is 95.1 Å². The van der Waals surface area contributed by atoms with Gasteiger partial charge in [0.25, 0.3) is 0 Å². The number of halogens is 6. The van der Waals surface area contributed by atoms with E-state index in [9.17, 15) is 35.7 Å². The van der Waals surface area contributed by atoms with Crippen LogP contribution < -0.4 is 9.88 Å². The Balaban J connectivity index is 2.35. The molecule has 3 N–H and O–H groups in total. The highest BCUT2D eigenvalue weighted by Crippen LogP contribution is 2.46. The van der Waals surface area contributed by atoms with Crippen molar-refractivity contribution in [2.45, 2.75) is 49.4 Å². The van der Waals surface area contributed by atoms with Gasteiger partial charge < -0.3 is 9.84 Å². The van der Waals surface area contributed by atoms with Crippen LogP contribution >= 0.6 is 0 Å². The zero-order valence-corrected chi connectivity index (χ0v) is 20.7. The highest BCUT2D eigenvalue weighted by molar-refractivity contribution is 7.84. The zero-order chi connectivity index (χ0) is 27.6. The van der Waals surface area contributed by atoms with Crippen LogP contribution in [-0.4, -0.2) is 26.6 Å². The van der Waals surface area contributed by atoms with Gasteiger partial charge in [0.2, 0.25) is 0 Å². The smallest absolute Gasteiger partial charge is 0.461 e. The second kappa shape index (κ2) is 10.7. The number of nitrogens with two attached hydrogens (primary N) is 1. The summed E-state index contributed by atoms with van der Waals surface area (Å²) in [6.07, 6.45) is -9.21. The summed E-state index contributed by atoms with van der Waals surface area (Å²) in [4.78, 5) is 0. The molecule has 3 rings (SSSR count). The van der Waals surface area contributed by atoms with Gasteiger partial charge in [-0.25, -0.2) is 13.0 Å². The predicted octanol–water partition coefficient (Wildman–Crippen LogP) is 6.23. The van der Waals surface area contributed by atoms with Crippen LogP contribution in [0.25, 0.3) is 0 Å². The number of aromatic hydroxyl groups is 1. The first-order valence-electron chi connectivity index (χ1n) is 11.0. The molecule has 200 valence electrons. The van der Waals surface area contributed by atoms with E-state index in [0.29, 0.717) is 11.6 Å². The van der Waals surface area contributed by atoms with Crippen LogP contribution in [0.3, 0.4) is 0 Å². The molecular formula is C26H25F6NO3S. The molecule has 0 bridgehead atoms. The molecule has 0 spiro atoms. The lowest BCUT2D eigenvalue weighted by molar-refractivity contribution is -0.253. The van der Waals surface area contributed by atoms with Crippen LogP contribution in [0.5, 0.6) is 11.5 Å². The Labute approximate surface area is 212 Å². The third-order valence-corrected chi connectivity index (χ3v) is 7.29. The van der Waals surface area contributed by atoms with Crippen molar-refractivity contribution >= 4 is 11.0 Å². The number of phenolic OH excluding ortho intramolecular Hbond substituents is 1. The quantitative estimate of drug-likeness (QED) is 0.297. The molecule has 0 aliphatic carbocycles. The van der Waals surface area contributed by atoms with E-state index in [-0.39, 0.29) is 24.0 Å². The molecule has 0 aromatic heterocycles. The maximum atomic E-state index is 14.8. The summed E-state index contributed by atoms with van der Waals surface area (Å²) in [7, 11) is -1.96. The Kier molecular flexibility index (Phi) is 8.28. The molecule has 3 aromatic carbocycles. The highest BCUT2D eigenvalue weighted by Gasteiger charge is 2.46. The molecule has 11 heteroatoms. The number of phenols is 1. The minimum absolute atomic E-state index is 0.00676. The molecule has 0 aliphatic heterocycles. The fraction of sp³-hybridized carbons (Fsp3) is 0.308. The zero-order valence-electron chi connectivity index (χ0n) is 19.9. The second-order valence-electron chi connectivity index (χ2n) is 9.28. The van der Waals surface area contributed by atoms with Gasteiger partial charge in [0.05, 0.1) is 15.7 Å². The van der Waals surface area contributed by atoms with Gasteiger partial charge in [-0.2, -0.15) is 17.6 Å². The Bertz CT molecular complexity index is 1270. The van der Waals surface area contributed by atoms with Crippen LogP contribution in [-0.2, 0) is 22.8 Å². The van der Waals surface area contributed by atoms with E-state index in [0.717, 1.165) is 24.3 Å². The van der Waals surface area contributed by atoms with Gasteiger partial charge in [-0.05, 0) is 67.6 Å². The van der Waals surface area contributed by atoms with Crippen molar-refractivity contribution in [2.75, 3.05) is 0 Å². The topological polar surface area (TPSA) is 72.6 Å². The maximum Gasteiger partial charge on any atom is 0.461 e. The van der Waals surface area contributed by atoms with Gasteiger partial charge in [0.1, 0.15) is 11.6 Å². The fourth-order valence-electron chi connectivity index (χ4n) is 4.28. The lowest BCUT2D eigenvalue weighted by Gasteiger charge is -2.41. The van der Waals surface area contributed by atoms with Crippen molar-refractivity contribution < 1.29 is 40.4 Å². The molecule has 0 fully saturated rings. The standard InChI is InChI=1S/C26H25F6NO3S/c1-24(2,37(33)35)15-25(14-16-6-4-3-5-7-16,17-8-9-22(34)21(28)12-17)18-10-19(27)13-20(11-18)36-26(31,32)23(29)30/h3-13,23,34H,14-15,33H2,1-2H3/t25-,37?/m1/s1. The number of rotatable bonds is 10. The average molecular weight is 546 g/mol. The van der Waals surface area contributed by atoms with E-state index in [2.05, 4.69) is 4.74 Å². The Morgan fingerprint density at radius 3 is 2.19 bits per heavy atom. The van der Waals surface area contributed by atoms with E-state index in [4.69, 9.17) is 5.14 Å². The lowest BCUT2D eigenvalue weighted by Crippen LogP contribution is -2.43. The molecule has 0 amide bonds. The minimum Gasteiger partial charge on any atom is -0.505 e. The van der Waals surface area contributed by atoms with Gasteiger partial charge in [0.15, 0.2) is 11.6 Å². The van der Waals surface area contributed by atoms with E-state index < -0.39 is 56.8 Å². The maximum absolute atomic E-state index is 14.8. The van der Waals surface area contributed by atoms with Gasteiger partial charge in [-0.1, -0.05) is 36.4 Å². The summed E-state index contributed by atoms with van der Waals surface area (Å²) in [6, 6.07) is 14.5. The fourth-order valence-corrected chi connectivity index (χ4v) is 4.67. The molecule has 3 aromatic rings. The average Bonchev–Trinajstić information content (AvgIpc) is 2.80. The van der Waals surface area contributed by atoms with Gasteiger partial charge in [0, 0.05) is 11.5 Å². The largest absolute Gasteiger partial charge is 0.505 e. The van der Waals surface area contributed by atoms with Crippen LogP contribution in [0, 0.1) is 11.6 Å². The first-order valence-corrected chi connectivity index (χ1v) is 12.2. The normalized spacial score (nSPS) is 14.9. The van der Waals surface area contributed by atoms with Crippen LogP contribution in [0.1, 0.15) is 37.0 Å². The summed E-state index contributed by atoms with van der Waals surface area (Å²) in [5.41, 5.74) is -0.712. The van der Waals surface area contributed by atoms with Crippen molar-refractivity contribution in [1.82, 2.24) is 0 Å². The number of benzene rings is 3. The monoisotopic (exact) mass is 545 g/mol. The Morgan fingerprint density at radius 1 is 0.973 bits per heavy atom. The summed E-state index contributed by atoms with van der Waals surface area (Å²) in [5.74, 6) is -3.65.